The third-order valence-electron chi connectivity index (χ3n) is 3.17. The lowest BCUT2D eigenvalue weighted by atomic mass is 10.0. The zero-order chi connectivity index (χ0) is 13.9. The molecule has 0 aromatic carbocycles. The molecule has 0 fully saturated rings. The van der Waals surface area contributed by atoms with Gasteiger partial charge < -0.3 is 10.5 Å². The molecule has 0 heterocycles. The molecule has 0 aliphatic heterocycles. The van der Waals surface area contributed by atoms with Crippen molar-refractivity contribution in [2.75, 3.05) is 6.61 Å². The van der Waals surface area contributed by atoms with E-state index in [1.807, 2.05) is 24.3 Å². The Morgan fingerprint density at radius 3 is 2.95 bits per heavy atom. The zero-order valence-electron chi connectivity index (χ0n) is 11.6. The van der Waals surface area contributed by atoms with Gasteiger partial charge in [-0.05, 0) is 50.7 Å². The zero-order valence-corrected chi connectivity index (χ0v) is 11.6. The minimum absolute atomic E-state index is 0.427. The molecule has 2 nitrogen and oxygen atoms in total. The van der Waals surface area contributed by atoms with Gasteiger partial charge in [0.15, 0.2) is 0 Å². The first kappa shape index (κ1) is 16.0. The number of alkyl halides is 1. The third-order valence-corrected chi connectivity index (χ3v) is 3.17. The summed E-state index contributed by atoms with van der Waals surface area (Å²) in [5.41, 5.74) is 5.83. The van der Waals surface area contributed by atoms with Crippen LogP contribution in [-0.4, -0.2) is 18.8 Å². The molecule has 0 saturated heterocycles. The summed E-state index contributed by atoms with van der Waals surface area (Å²) in [6.45, 7) is 4.13. The van der Waals surface area contributed by atoms with Crippen molar-refractivity contribution < 1.29 is 9.13 Å². The van der Waals surface area contributed by atoms with E-state index in [9.17, 15) is 4.39 Å². The number of ether oxygens (including phenoxy) is 1. The van der Waals surface area contributed by atoms with Crippen LogP contribution in [0.4, 0.5) is 4.39 Å². The summed E-state index contributed by atoms with van der Waals surface area (Å²) in [6.07, 6.45) is 13.7. The first-order valence-electron chi connectivity index (χ1n) is 7.07. The molecule has 19 heavy (non-hydrogen) atoms. The predicted octanol–water partition coefficient (Wildman–Crippen LogP) is 3.85. The van der Waals surface area contributed by atoms with E-state index in [1.165, 1.54) is 0 Å². The van der Waals surface area contributed by atoms with Crippen LogP contribution in [0.2, 0.25) is 0 Å². The van der Waals surface area contributed by atoms with Crippen LogP contribution < -0.4 is 5.73 Å². The Balaban J connectivity index is 2.08. The molecule has 2 N–H and O–H groups in total. The maximum atomic E-state index is 13.7. The highest BCUT2D eigenvalue weighted by molar-refractivity contribution is 5.21. The Morgan fingerprint density at radius 2 is 2.26 bits per heavy atom. The average molecular weight is 266 g/mol. The maximum absolute atomic E-state index is 13.7. The molecule has 1 radical (unpaired) electrons. The Labute approximate surface area is 116 Å². The molecule has 3 heteroatoms. The number of nitrogens with two attached hydrogens (primary N) is 1. The number of unbranched alkanes of at least 4 members (excludes halogenated alkanes) is 2. The van der Waals surface area contributed by atoms with Crippen molar-refractivity contribution in [3.05, 3.63) is 43.1 Å². The fourth-order valence-corrected chi connectivity index (χ4v) is 1.94. The largest absolute Gasteiger partial charge is 0.494 e. The van der Waals surface area contributed by atoms with E-state index in [1.54, 1.807) is 0 Å². The van der Waals surface area contributed by atoms with Gasteiger partial charge in [0.1, 0.15) is 11.9 Å². The van der Waals surface area contributed by atoms with E-state index < -0.39 is 12.2 Å². The second-order valence-electron chi connectivity index (χ2n) is 4.83. The van der Waals surface area contributed by atoms with Gasteiger partial charge in [0.25, 0.3) is 0 Å². The molecule has 1 aliphatic carbocycles. The number of rotatable bonds is 10. The van der Waals surface area contributed by atoms with Gasteiger partial charge in [0.05, 0.1) is 6.61 Å². The third kappa shape index (κ3) is 7.16. The van der Waals surface area contributed by atoms with Crippen LogP contribution in [0.3, 0.4) is 0 Å². The van der Waals surface area contributed by atoms with Crippen molar-refractivity contribution in [2.45, 2.75) is 50.7 Å². The van der Waals surface area contributed by atoms with Gasteiger partial charge in [0, 0.05) is 6.04 Å². The highest BCUT2D eigenvalue weighted by Crippen LogP contribution is 2.14. The van der Waals surface area contributed by atoms with Gasteiger partial charge in [-0.25, -0.2) is 4.39 Å². The lowest BCUT2D eigenvalue weighted by Crippen LogP contribution is -2.32. The minimum atomic E-state index is -0.933. The van der Waals surface area contributed by atoms with Crippen molar-refractivity contribution in [3.63, 3.8) is 0 Å². The quantitative estimate of drug-likeness (QED) is 0.481. The Morgan fingerprint density at radius 1 is 1.42 bits per heavy atom. The summed E-state index contributed by atoms with van der Waals surface area (Å²) in [5.74, 6) is 0.857. The molecule has 0 amide bonds. The van der Waals surface area contributed by atoms with E-state index in [0.717, 1.165) is 31.4 Å². The smallest absolute Gasteiger partial charge is 0.115 e. The summed E-state index contributed by atoms with van der Waals surface area (Å²) in [5, 5.41) is 0. The first-order chi connectivity index (χ1) is 9.24. The fraction of sp³-hybridized carbons (Fsp3) is 0.562. The second kappa shape index (κ2) is 9.79. The summed E-state index contributed by atoms with van der Waals surface area (Å²) < 4.78 is 19.3. The van der Waals surface area contributed by atoms with Crippen LogP contribution in [0.25, 0.3) is 0 Å². The Bertz CT molecular complexity index is 312. The van der Waals surface area contributed by atoms with E-state index >= 15 is 0 Å². The minimum Gasteiger partial charge on any atom is -0.494 e. The van der Waals surface area contributed by atoms with Gasteiger partial charge in [-0.15, -0.1) is 6.58 Å². The molecule has 0 aromatic rings. The van der Waals surface area contributed by atoms with Crippen molar-refractivity contribution in [1.29, 1.82) is 0 Å². The van der Waals surface area contributed by atoms with E-state index in [4.69, 9.17) is 10.5 Å². The molecule has 1 rings (SSSR count). The summed E-state index contributed by atoms with van der Waals surface area (Å²) in [4.78, 5) is 0. The normalized spacial score (nSPS) is 17.7. The van der Waals surface area contributed by atoms with Crippen molar-refractivity contribution in [1.82, 2.24) is 0 Å². The van der Waals surface area contributed by atoms with Crippen LogP contribution >= 0.6 is 0 Å². The average Bonchev–Trinajstić information content (AvgIpc) is 2.44. The topological polar surface area (TPSA) is 35.2 Å². The monoisotopic (exact) mass is 266 g/mol. The summed E-state index contributed by atoms with van der Waals surface area (Å²) >= 11 is 0. The maximum Gasteiger partial charge on any atom is 0.115 e. The predicted molar refractivity (Wildman–Crippen MR) is 78.2 cm³/mol. The van der Waals surface area contributed by atoms with Crippen LogP contribution in [-0.2, 0) is 4.74 Å². The van der Waals surface area contributed by atoms with Gasteiger partial charge >= 0.3 is 0 Å². The van der Waals surface area contributed by atoms with Crippen LogP contribution in [0.1, 0.15) is 38.5 Å². The van der Waals surface area contributed by atoms with Gasteiger partial charge in [-0.2, -0.15) is 0 Å². The molecule has 107 valence electrons. The summed E-state index contributed by atoms with van der Waals surface area (Å²) in [7, 11) is 0. The van der Waals surface area contributed by atoms with Gasteiger partial charge in [-0.3, -0.25) is 0 Å². The Hall–Kier alpha value is -1.09. The van der Waals surface area contributed by atoms with Crippen LogP contribution in [0, 0.1) is 6.42 Å². The Kier molecular flexibility index (Phi) is 8.23. The number of halogens is 1. The van der Waals surface area contributed by atoms with E-state index in [2.05, 4.69) is 13.0 Å². The molecule has 2 unspecified atom stereocenters. The highest BCUT2D eigenvalue weighted by Gasteiger charge is 2.16. The van der Waals surface area contributed by atoms with Crippen LogP contribution in [0.15, 0.2) is 36.6 Å². The molecule has 0 bridgehead atoms. The fourth-order valence-electron chi connectivity index (χ4n) is 1.94. The molecule has 0 aromatic heterocycles. The number of hydrogen-bond donors (Lipinski definition) is 1. The van der Waals surface area contributed by atoms with Gasteiger partial charge in [-0.1, -0.05) is 18.6 Å². The summed E-state index contributed by atoms with van der Waals surface area (Å²) in [6, 6.07) is -0.427. The lowest BCUT2D eigenvalue weighted by molar-refractivity contribution is 0.179. The van der Waals surface area contributed by atoms with Crippen LogP contribution in [0.5, 0.6) is 0 Å². The molecule has 0 saturated carbocycles. The number of hydrogen-bond acceptors (Lipinski definition) is 2. The van der Waals surface area contributed by atoms with Crippen molar-refractivity contribution >= 4 is 0 Å². The second-order valence-corrected chi connectivity index (χ2v) is 4.83. The molecular formula is C16H25FNO. The van der Waals surface area contributed by atoms with E-state index in [0.29, 0.717) is 19.4 Å². The highest BCUT2D eigenvalue weighted by atomic mass is 19.1. The van der Waals surface area contributed by atoms with Crippen molar-refractivity contribution in [2.24, 2.45) is 5.73 Å². The molecule has 1 aliphatic rings. The van der Waals surface area contributed by atoms with E-state index in [-0.39, 0.29) is 0 Å². The lowest BCUT2D eigenvalue weighted by Gasteiger charge is -2.17. The SMILES string of the molecule is C=CCCCCC(F)C(N)CCOC1=CC[CH]C=C1. The molecule has 2 atom stereocenters. The molecular weight excluding hydrogens is 241 g/mol. The van der Waals surface area contributed by atoms with Gasteiger partial charge in [0.2, 0.25) is 0 Å². The van der Waals surface area contributed by atoms with Crippen molar-refractivity contribution in [3.8, 4) is 0 Å². The first-order valence-corrected chi connectivity index (χ1v) is 7.07. The standard InChI is InChI=1S/C16H25FNO/c1-2-3-4-8-11-15(17)16(18)12-13-19-14-9-6-5-7-10-14/h2,5-6,9-10,15-16H,1,3-4,7-8,11-13,18H2. The number of allylic oxidation sites excluding steroid dienone is 4. The molecule has 0 spiro atoms.